The van der Waals surface area contributed by atoms with Crippen LogP contribution in [-0.2, 0) is 38.1 Å². The van der Waals surface area contributed by atoms with Crippen LogP contribution >= 0.6 is 0 Å². The molecule has 88 heavy (non-hydrogen) atoms. The lowest BCUT2D eigenvalue weighted by Gasteiger charge is -2.61. The van der Waals surface area contributed by atoms with Gasteiger partial charge in [0.1, 0.15) is 29.3 Å². The Labute approximate surface area is 540 Å². The zero-order chi connectivity index (χ0) is 64.0. The second-order valence-electron chi connectivity index (χ2n) is 31.9. The summed E-state index contributed by atoms with van der Waals surface area (Å²) >= 11 is 0. The monoisotopic (exact) mass is 1240 g/mol. The van der Waals surface area contributed by atoms with Crippen LogP contribution in [0.4, 0.5) is 0 Å². The minimum atomic E-state index is -1.44. The zero-order valence-electron chi connectivity index (χ0n) is 59.4. The van der Waals surface area contributed by atoms with Gasteiger partial charge >= 0.3 is 11.9 Å². The van der Waals surface area contributed by atoms with E-state index in [1.807, 2.05) is 13.8 Å². The number of rotatable bonds is 29. The van der Waals surface area contributed by atoms with Gasteiger partial charge in [-0.3, -0.25) is 24.1 Å². The molecule has 0 bridgehead atoms. The van der Waals surface area contributed by atoms with E-state index in [2.05, 4.69) is 89.7 Å². The second kappa shape index (κ2) is 35.4. The van der Waals surface area contributed by atoms with Crippen LogP contribution in [0.1, 0.15) is 378 Å². The molecule has 0 aromatic rings. The van der Waals surface area contributed by atoms with Gasteiger partial charge in [-0.15, -0.1) is 0 Å². The molecule has 0 radical (unpaired) electrons. The van der Waals surface area contributed by atoms with Crippen LogP contribution in [0.2, 0.25) is 0 Å². The lowest BCUT2D eigenvalue weighted by molar-refractivity contribution is -0.217. The first-order chi connectivity index (χ1) is 42.0. The quantitative estimate of drug-likeness (QED) is 0.0547. The Hall–Kier alpha value is -2.12. The molecule has 2 aliphatic carbocycles. The molecule has 4 aliphatic heterocycles. The summed E-state index contributed by atoms with van der Waals surface area (Å²) in [6, 6.07) is -0.682. The molecule has 6 atom stereocenters. The van der Waals surface area contributed by atoms with Crippen molar-refractivity contribution in [3.8, 4) is 0 Å². The fourth-order valence-corrected chi connectivity index (χ4v) is 18.4. The molecular formula is C76H138N4O8. The van der Waals surface area contributed by atoms with Gasteiger partial charge in [0.25, 0.3) is 5.91 Å². The number of carbonyl (C=O) groups excluding carboxylic acids is 4. The molecule has 12 nitrogen and oxygen atoms in total. The maximum Gasteiger partial charge on any atom is 0.307 e. The van der Waals surface area contributed by atoms with Crippen LogP contribution in [0.15, 0.2) is 0 Å². The molecule has 0 aromatic carbocycles. The van der Waals surface area contributed by atoms with Crippen LogP contribution in [0.3, 0.4) is 0 Å². The van der Waals surface area contributed by atoms with E-state index in [-0.39, 0.29) is 55.2 Å². The standard InChI is InChI=1S/C76H138N4O8/c1-13-17-19-21-23-26-32-38-44-50-61(15-3)85-63(81)51-57-79-66(76(60-70(7,8)78-72(11,12)67(76)83)88-73(79)53-45-39-33-27-24-28-34-40-46-54-73)65-71(9,10)77-69(5,6)59-75(65)68(84)80(74(87-75)55-47-41-35-29-25-30-36-42-48-56-74)58-52-64(82)86-62(16-4)49-43-37-31-22-20-18-14-2/h61-62,65-66,77-78H,13-60H2,1-12H3. The number of ether oxygens (including phenoxy) is 4. The Morgan fingerprint density at radius 1 is 0.477 bits per heavy atom. The van der Waals surface area contributed by atoms with Crippen LogP contribution in [-0.4, -0.2) is 110 Å². The van der Waals surface area contributed by atoms with Crippen molar-refractivity contribution in [2.45, 2.75) is 442 Å². The van der Waals surface area contributed by atoms with Gasteiger partial charge in [-0.2, -0.15) is 0 Å². The van der Waals surface area contributed by atoms with E-state index in [1.165, 1.54) is 116 Å². The molecule has 6 rings (SSSR count). The molecule has 4 heterocycles. The topological polar surface area (TPSA) is 136 Å². The fraction of sp³-hybridized carbons (Fsp3) is 0.947. The molecule has 2 saturated carbocycles. The maximum absolute atomic E-state index is 17.3. The normalized spacial score (nSPS) is 28.4. The lowest BCUT2D eigenvalue weighted by atomic mass is 9.56. The van der Waals surface area contributed by atoms with Crippen molar-refractivity contribution >= 4 is 23.6 Å². The summed E-state index contributed by atoms with van der Waals surface area (Å²) in [5.41, 5.74) is -7.66. The summed E-state index contributed by atoms with van der Waals surface area (Å²) in [7, 11) is 0. The molecule has 6 unspecified atom stereocenters. The number of carbonyl (C=O) groups is 4. The van der Waals surface area contributed by atoms with Crippen molar-refractivity contribution in [2.24, 2.45) is 5.92 Å². The largest absolute Gasteiger partial charge is 0.462 e. The van der Waals surface area contributed by atoms with Gasteiger partial charge in [0.2, 0.25) is 0 Å². The number of esters is 2. The van der Waals surface area contributed by atoms with Crippen LogP contribution < -0.4 is 10.6 Å². The Morgan fingerprint density at radius 3 is 1.27 bits per heavy atom. The predicted octanol–water partition coefficient (Wildman–Crippen LogP) is 18.8. The second-order valence-corrected chi connectivity index (χ2v) is 31.9. The lowest BCUT2D eigenvalue weighted by Crippen LogP contribution is -2.80. The molecule has 2 N–H and O–H groups in total. The SMILES string of the molecule is CCCCCCCCCCCC(CC)OC(=O)CCN1C(C2C(C)(C)NC(C)(C)CC23OC2(CCCCCCCCCCC2)N(CCC(=O)OC(CC)CCCCCCCCC)C3=O)C2(CC(C)(C)NC(C)(C)C2=O)OC12CCCCCCCCCCC2. The van der Waals surface area contributed by atoms with Gasteiger partial charge in [0.05, 0.1) is 24.4 Å². The minimum absolute atomic E-state index is 0.00965. The molecule has 4 spiro atoms. The van der Waals surface area contributed by atoms with E-state index >= 15 is 9.59 Å². The highest BCUT2D eigenvalue weighted by Gasteiger charge is 2.78. The van der Waals surface area contributed by atoms with Gasteiger partial charge in [0, 0.05) is 48.5 Å². The van der Waals surface area contributed by atoms with Crippen molar-refractivity contribution in [3.63, 3.8) is 0 Å². The Balaban J connectivity index is 1.47. The average molecular weight is 1240 g/mol. The Kier molecular flexibility index (Phi) is 30.1. The molecule has 12 heteroatoms. The number of piperidine rings is 2. The average Bonchev–Trinajstić information content (AvgIpc) is 1.47. The number of nitrogens with zero attached hydrogens (tertiary/aromatic N) is 2. The molecular weight excluding hydrogens is 1100 g/mol. The summed E-state index contributed by atoms with van der Waals surface area (Å²) in [4.78, 5) is 67.8. The highest BCUT2D eigenvalue weighted by Crippen LogP contribution is 2.62. The van der Waals surface area contributed by atoms with Gasteiger partial charge < -0.3 is 34.5 Å². The summed E-state index contributed by atoms with van der Waals surface area (Å²) in [5, 5.41) is 7.97. The van der Waals surface area contributed by atoms with Gasteiger partial charge in [-0.1, -0.05) is 207 Å². The minimum Gasteiger partial charge on any atom is -0.462 e. The van der Waals surface area contributed by atoms with Gasteiger partial charge in [-0.05, 0) is 145 Å². The van der Waals surface area contributed by atoms with Crippen molar-refractivity contribution in [1.29, 1.82) is 0 Å². The maximum atomic E-state index is 17.3. The molecule has 4 saturated heterocycles. The van der Waals surface area contributed by atoms with Crippen molar-refractivity contribution in [1.82, 2.24) is 20.4 Å². The summed E-state index contributed by atoms with van der Waals surface area (Å²) in [6.45, 7) is 26.8. The third-order valence-corrected chi connectivity index (χ3v) is 22.1. The van der Waals surface area contributed by atoms with Gasteiger partial charge in [0.15, 0.2) is 11.4 Å². The first kappa shape index (κ1) is 74.9. The number of ketones is 1. The van der Waals surface area contributed by atoms with Gasteiger partial charge in [-0.25, -0.2) is 0 Å². The third kappa shape index (κ3) is 20.4. The molecule has 6 aliphatic rings. The van der Waals surface area contributed by atoms with E-state index in [1.54, 1.807) is 0 Å². The third-order valence-electron chi connectivity index (χ3n) is 22.1. The first-order valence-electron chi connectivity index (χ1n) is 38.0. The number of hydrogen-bond donors (Lipinski definition) is 2. The van der Waals surface area contributed by atoms with Crippen LogP contribution in [0, 0.1) is 5.92 Å². The van der Waals surface area contributed by atoms with E-state index in [4.69, 9.17) is 18.9 Å². The Bertz CT molecular complexity index is 2070. The molecule has 6 fully saturated rings. The zero-order valence-corrected chi connectivity index (χ0v) is 59.4. The number of amides is 1. The molecule has 510 valence electrons. The smallest absolute Gasteiger partial charge is 0.307 e. The van der Waals surface area contributed by atoms with E-state index < -0.39 is 56.8 Å². The van der Waals surface area contributed by atoms with E-state index in [0.29, 0.717) is 32.2 Å². The van der Waals surface area contributed by atoms with E-state index in [0.717, 1.165) is 141 Å². The van der Waals surface area contributed by atoms with Crippen molar-refractivity contribution in [3.05, 3.63) is 0 Å². The highest BCUT2D eigenvalue weighted by atomic mass is 16.6. The molecule has 1 amide bonds. The van der Waals surface area contributed by atoms with Crippen LogP contribution in [0.5, 0.6) is 0 Å². The summed E-state index contributed by atoms with van der Waals surface area (Å²) < 4.78 is 29.5. The van der Waals surface area contributed by atoms with E-state index in [9.17, 15) is 9.59 Å². The number of hydrogen-bond acceptors (Lipinski definition) is 11. The highest BCUT2D eigenvalue weighted by molar-refractivity contribution is 5.98. The molecule has 0 aromatic heterocycles. The number of unbranched alkanes of at least 4 members (excludes halogenated alkanes) is 14. The predicted molar refractivity (Wildman–Crippen MR) is 361 cm³/mol. The fourth-order valence-electron chi connectivity index (χ4n) is 18.4. The summed E-state index contributed by atoms with van der Waals surface area (Å²) in [6.07, 6.45) is 46.4. The van der Waals surface area contributed by atoms with Crippen molar-refractivity contribution < 1.29 is 38.1 Å². The Morgan fingerprint density at radius 2 is 0.841 bits per heavy atom. The first-order valence-corrected chi connectivity index (χ1v) is 38.0. The summed E-state index contributed by atoms with van der Waals surface area (Å²) in [5.74, 6) is -1.14. The number of nitrogens with one attached hydrogen (secondary N) is 2. The van der Waals surface area contributed by atoms with Crippen molar-refractivity contribution in [2.75, 3.05) is 13.1 Å². The number of Topliss-reactive ketones (excluding diaryl/α,β-unsaturated/α-hetero) is 1. The van der Waals surface area contributed by atoms with Crippen LogP contribution in [0.25, 0.3) is 0 Å².